The van der Waals surface area contributed by atoms with Gasteiger partial charge in [0, 0.05) is 5.56 Å². The van der Waals surface area contributed by atoms with E-state index in [9.17, 15) is 22.8 Å². The highest BCUT2D eigenvalue weighted by Crippen LogP contribution is 2.20. The summed E-state index contributed by atoms with van der Waals surface area (Å²) in [6.45, 7) is -1.38. The number of nitrogens with zero attached hydrogens (tertiary/aromatic N) is 1. The smallest absolute Gasteiger partial charge is 0.306 e. The number of carbonyl (C=O) groups excluding carboxylic acids is 1. The fourth-order valence-electron chi connectivity index (χ4n) is 1.58. The summed E-state index contributed by atoms with van der Waals surface area (Å²) in [6, 6.07) is 4.06. The fraction of sp³-hybridized carbons (Fsp3) is 0.200. The Morgan fingerprint density at radius 3 is 2.65 bits per heavy atom. The van der Waals surface area contributed by atoms with Crippen LogP contribution in [0.1, 0.15) is 10.4 Å². The van der Waals surface area contributed by atoms with Gasteiger partial charge < -0.3 is 4.98 Å². The van der Waals surface area contributed by atoms with Gasteiger partial charge in [0.25, 0.3) is 0 Å². The van der Waals surface area contributed by atoms with Crippen LogP contribution < -0.4 is 5.69 Å². The Morgan fingerprint density at radius 1 is 1.35 bits per heavy atom. The SMILES string of the molecule is O=Cc1ccc2[nH]c(=O)n(CC(F)(F)F)c2c1. The Labute approximate surface area is 92.7 Å². The molecule has 0 atom stereocenters. The molecule has 1 aromatic carbocycles. The highest BCUT2D eigenvalue weighted by Gasteiger charge is 2.29. The topological polar surface area (TPSA) is 54.9 Å². The molecular formula is C10H7F3N2O2. The molecule has 0 unspecified atom stereocenters. The third kappa shape index (κ3) is 2.22. The molecule has 0 aliphatic rings. The van der Waals surface area contributed by atoms with Gasteiger partial charge in [0.05, 0.1) is 11.0 Å². The van der Waals surface area contributed by atoms with Crippen LogP contribution in [-0.2, 0) is 6.54 Å². The molecule has 1 heterocycles. The zero-order valence-corrected chi connectivity index (χ0v) is 8.41. The van der Waals surface area contributed by atoms with Crippen LogP contribution in [0.3, 0.4) is 0 Å². The van der Waals surface area contributed by atoms with Crippen molar-refractivity contribution in [3.8, 4) is 0 Å². The summed E-state index contributed by atoms with van der Waals surface area (Å²) in [6.07, 6.45) is -3.98. The third-order valence-corrected chi connectivity index (χ3v) is 2.27. The molecular weight excluding hydrogens is 237 g/mol. The van der Waals surface area contributed by atoms with Gasteiger partial charge in [0.2, 0.25) is 0 Å². The maximum atomic E-state index is 12.3. The Kier molecular flexibility index (Phi) is 2.53. The molecule has 0 saturated carbocycles. The molecule has 90 valence electrons. The lowest BCUT2D eigenvalue weighted by Crippen LogP contribution is -2.26. The number of benzene rings is 1. The van der Waals surface area contributed by atoms with Crippen molar-refractivity contribution in [3.05, 3.63) is 34.2 Å². The molecule has 0 spiro atoms. The molecule has 0 bridgehead atoms. The fourth-order valence-corrected chi connectivity index (χ4v) is 1.58. The lowest BCUT2D eigenvalue weighted by Gasteiger charge is -2.07. The molecule has 4 nitrogen and oxygen atoms in total. The van der Waals surface area contributed by atoms with Crippen molar-refractivity contribution >= 4 is 17.3 Å². The first-order valence-electron chi connectivity index (χ1n) is 4.65. The Balaban J connectivity index is 2.64. The third-order valence-electron chi connectivity index (χ3n) is 2.27. The summed E-state index contributed by atoms with van der Waals surface area (Å²) in [5.74, 6) is 0. The van der Waals surface area contributed by atoms with Gasteiger partial charge in [-0.3, -0.25) is 9.36 Å². The predicted molar refractivity (Wildman–Crippen MR) is 54.0 cm³/mol. The van der Waals surface area contributed by atoms with E-state index in [1.54, 1.807) is 0 Å². The number of H-pyrrole nitrogens is 1. The zero-order valence-electron chi connectivity index (χ0n) is 8.41. The van der Waals surface area contributed by atoms with Crippen LogP contribution in [0.5, 0.6) is 0 Å². The van der Waals surface area contributed by atoms with E-state index < -0.39 is 18.4 Å². The number of fused-ring (bicyclic) bond motifs is 1. The van der Waals surface area contributed by atoms with Crippen molar-refractivity contribution in [1.82, 2.24) is 9.55 Å². The van der Waals surface area contributed by atoms with Crippen molar-refractivity contribution in [2.45, 2.75) is 12.7 Å². The first kappa shape index (κ1) is 11.4. The van der Waals surface area contributed by atoms with Crippen molar-refractivity contribution in [2.75, 3.05) is 0 Å². The summed E-state index contributed by atoms with van der Waals surface area (Å²) in [5.41, 5.74) is -0.297. The monoisotopic (exact) mass is 244 g/mol. The van der Waals surface area contributed by atoms with E-state index in [4.69, 9.17) is 0 Å². The zero-order chi connectivity index (χ0) is 12.6. The van der Waals surface area contributed by atoms with Crippen LogP contribution >= 0.6 is 0 Å². The molecule has 0 amide bonds. The number of rotatable bonds is 2. The number of aromatic amines is 1. The number of carbonyl (C=O) groups is 1. The second-order valence-corrected chi connectivity index (χ2v) is 3.53. The first-order chi connectivity index (χ1) is 7.90. The second-order valence-electron chi connectivity index (χ2n) is 3.53. The van der Waals surface area contributed by atoms with E-state index in [1.807, 2.05) is 0 Å². The highest BCUT2D eigenvalue weighted by atomic mass is 19.4. The van der Waals surface area contributed by atoms with Gasteiger partial charge in [-0.05, 0) is 18.2 Å². The molecule has 0 aliphatic heterocycles. The average Bonchev–Trinajstić information content (AvgIpc) is 2.53. The summed E-state index contributed by atoms with van der Waals surface area (Å²) in [7, 11) is 0. The van der Waals surface area contributed by atoms with Gasteiger partial charge in [-0.1, -0.05) is 0 Å². The van der Waals surface area contributed by atoms with Crippen LogP contribution in [-0.4, -0.2) is 22.0 Å². The number of halogens is 3. The van der Waals surface area contributed by atoms with Crippen molar-refractivity contribution in [3.63, 3.8) is 0 Å². The predicted octanol–water partition coefficient (Wildman–Crippen LogP) is 1.70. The number of imidazole rings is 1. The van der Waals surface area contributed by atoms with E-state index >= 15 is 0 Å². The van der Waals surface area contributed by atoms with E-state index in [0.29, 0.717) is 10.9 Å². The summed E-state index contributed by atoms with van der Waals surface area (Å²) >= 11 is 0. The van der Waals surface area contributed by atoms with E-state index in [1.165, 1.54) is 18.2 Å². The number of aromatic nitrogens is 2. The summed E-state index contributed by atoms with van der Waals surface area (Å²) in [5, 5.41) is 0. The minimum atomic E-state index is -4.49. The summed E-state index contributed by atoms with van der Waals surface area (Å²) in [4.78, 5) is 24.2. The largest absolute Gasteiger partial charge is 0.406 e. The van der Waals surface area contributed by atoms with Gasteiger partial charge in [-0.25, -0.2) is 4.79 Å². The van der Waals surface area contributed by atoms with Crippen LogP contribution in [0, 0.1) is 0 Å². The van der Waals surface area contributed by atoms with E-state index in [2.05, 4.69) is 4.98 Å². The van der Waals surface area contributed by atoms with Crippen molar-refractivity contribution < 1.29 is 18.0 Å². The highest BCUT2D eigenvalue weighted by molar-refractivity contribution is 5.84. The number of aldehydes is 1. The molecule has 0 radical (unpaired) electrons. The number of hydrogen-bond acceptors (Lipinski definition) is 2. The minimum absolute atomic E-state index is 0.0666. The molecule has 1 N–H and O–H groups in total. The normalized spacial score (nSPS) is 11.9. The van der Waals surface area contributed by atoms with Gasteiger partial charge in [0.15, 0.2) is 0 Å². The molecule has 2 aromatic rings. The van der Waals surface area contributed by atoms with E-state index in [0.717, 1.165) is 0 Å². The molecule has 2 rings (SSSR count). The van der Waals surface area contributed by atoms with Crippen molar-refractivity contribution in [2.24, 2.45) is 0 Å². The van der Waals surface area contributed by atoms with E-state index in [-0.39, 0.29) is 16.6 Å². The molecule has 0 aliphatic carbocycles. The molecule has 1 aromatic heterocycles. The van der Waals surface area contributed by atoms with Crippen LogP contribution in [0.2, 0.25) is 0 Å². The number of nitrogens with one attached hydrogen (secondary N) is 1. The van der Waals surface area contributed by atoms with Gasteiger partial charge in [0.1, 0.15) is 12.8 Å². The lowest BCUT2D eigenvalue weighted by molar-refractivity contribution is -0.140. The first-order valence-corrected chi connectivity index (χ1v) is 4.65. The quantitative estimate of drug-likeness (QED) is 0.817. The molecule has 7 heteroatoms. The Morgan fingerprint density at radius 2 is 2.06 bits per heavy atom. The molecule has 17 heavy (non-hydrogen) atoms. The van der Waals surface area contributed by atoms with Crippen LogP contribution in [0.15, 0.2) is 23.0 Å². The van der Waals surface area contributed by atoms with Gasteiger partial charge >= 0.3 is 11.9 Å². The maximum Gasteiger partial charge on any atom is 0.406 e. The Hall–Kier alpha value is -2.05. The maximum absolute atomic E-state index is 12.3. The molecule has 0 saturated heterocycles. The van der Waals surface area contributed by atoms with Crippen molar-refractivity contribution in [1.29, 1.82) is 0 Å². The minimum Gasteiger partial charge on any atom is -0.306 e. The number of hydrogen-bond donors (Lipinski definition) is 1. The van der Waals surface area contributed by atoms with Gasteiger partial charge in [-0.2, -0.15) is 13.2 Å². The summed E-state index contributed by atoms with van der Waals surface area (Å²) < 4.78 is 37.4. The standard InChI is InChI=1S/C10H7F3N2O2/c11-10(12,13)5-15-8-3-6(4-16)1-2-7(8)14-9(15)17/h1-4H,5H2,(H,14,17). The Bertz CT molecular complexity index is 624. The average molecular weight is 244 g/mol. The second kappa shape index (κ2) is 3.76. The lowest BCUT2D eigenvalue weighted by atomic mass is 10.2. The van der Waals surface area contributed by atoms with Crippen LogP contribution in [0.25, 0.3) is 11.0 Å². The van der Waals surface area contributed by atoms with Crippen LogP contribution in [0.4, 0.5) is 13.2 Å². The van der Waals surface area contributed by atoms with Gasteiger partial charge in [-0.15, -0.1) is 0 Å². The number of alkyl halides is 3. The molecule has 0 fully saturated rings.